The molecule has 2 nitrogen and oxygen atoms in total. The standard InChI is InChI=1S/C9H19ClN2/c1-9(2)12(3)8-7-11-6-4-5-10/h4-5,9,11H,6-8H2,1-3H3/b5-4+. The van der Waals surface area contributed by atoms with Crippen molar-refractivity contribution < 1.29 is 0 Å². The molecule has 0 aliphatic rings. The quantitative estimate of drug-likeness (QED) is 0.642. The number of hydrogen-bond donors (Lipinski definition) is 1. The molecule has 0 unspecified atom stereocenters. The summed E-state index contributed by atoms with van der Waals surface area (Å²) in [7, 11) is 2.13. The average Bonchev–Trinajstić information content (AvgIpc) is 2.03. The van der Waals surface area contributed by atoms with E-state index in [4.69, 9.17) is 11.6 Å². The number of nitrogens with one attached hydrogen (secondary N) is 1. The average molecular weight is 191 g/mol. The van der Waals surface area contributed by atoms with Crippen molar-refractivity contribution >= 4 is 11.6 Å². The Labute approximate surface area is 80.6 Å². The Kier molecular flexibility index (Phi) is 7.56. The topological polar surface area (TPSA) is 15.3 Å². The molecule has 0 aromatic carbocycles. The van der Waals surface area contributed by atoms with E-state index in [1.165, 1.54) is 0 Å². The molecule has 0 fully saturated rings. The van der Waals surface area contributed by atoms with Crippen molar-refractivity contribution in [3.05, 3.63) is 11.6 Å². The number of hydrogen-bond acceptors (Lipinski definition) is 2. The van der Waals surface area contributed by atoms with Crippen LogP contribution in [0.3, 0.4) is 0 Å². The normalized spacial score (nSPS) is 12.2. The summed E-state index contributed by atoms with van der Waals surface area (Å²) in [5.74, 6) is 0. The van der Waals surface area contributed by atoms with E-state index < -0.39 is 0 Å². The molecule has 3 heteroatoms. The van der Waals surface area contributed by atoms with E-state index in [-0.39, 0.29) is 0 Å². The van der Waals surface area contributed by atoms with E-state index >= 15 is 0 Å². The van der Waals surface area contributed by atoms with Gasteiger partial charge in [-0.15, -0.1) is 0 Å². The molecule has 0 radical (unpaired) electrons. The van der Waals surface area contributed by atoms with Gasteiger partial charge in [-0.3, -0.25) is 0 Å². The van der Waals surface area contributed by atoms with E-state index in [0.29, 0.717) is 6.04 Å². The van der Waals surface area contributed by atoms with Gasteiger partial charge in [-0.1, -0.05) is 17.7 Å². The fraction of sp³-hybridized carbons (Fsp3) is 0.778. The molecule has 0 atom stereocenters. The highest BCUT2D eigenvalue weighted by molar-refractivity contribution is 6.25. The lowest BCUT2D eigenvalue weighted by Gasteiger charge is -2.20. The number of nitrogens with zero attached hydrogens (tertiary/aromatic N) is 1. The Hall–Kier alpha value is -0.0500. The number of rotatable bonds is 6. The monoisotopic (exact) mass is 190 g/mol. The van der Waals surface area contributed by atoms with Crippen molar-refractivity contribution in [1.82, 2.24) is 10.2 Å². The highest BCUT2D eigenvalue weighted by Crippen LogP contribution is 1.90. The summed E-state index contributed by atoms with van der Waals surface area (Å²) in [6.45, 7) is 7.33. The Bertz CT molecular complexity index is 124. The predicted molar refractivity (Wildman–Crippen MR) is 55.6 cm³/mol. The maximum Gasteiger partial charge on any atom is 0.0147 e. The van der Waals surface area contributed by atoms with Crippen LogP contribution >= 0.6 is 11.6 Å². The fourth-order valence-electron chi connectivity index (χ4n) is 0.744. The van der Waals surface area contributed by atoms with Crippen LogP contribution in [0, 0.1) is 0 Å². The summed E-state index contributed by atoms with van der Waals surface area (Å²) in [4.78, 5) is 2.30. The summed E-state index contributed by atoms with van der Waals surface area (Å²) in [5.41, 5.74) is 1.54. The van der Waals surface area contributed by atoms with Gasteiger partial charge in [0.05, 0.1) is 0 Å². The molecule has 0 spiro atoms. The summed E-state index contributed by atoms with van der Waals surface area (Å²) in [5, 5.41) is 3.26. The minimum atomic E-state index is 0.621. The van der Waals surface area contributed by atoms with Crippen LogP contribution in [-0.2, 0) is 0 Å². The third kappa shape index (κ3) is 6.65. The van der Waals surface area contributed by atoms with E-state index in [9.17, 15) is 0 Å². The van der Waals surface area contributed by atoms with Crippen molar-refractivity contribution in [2.45, 2.75) is 19.9 Å². The van der Waals surface area contributed by atoms with Crippen molar-refractivity contribution in [3.63, 3.8) is 0 Å². The zero-order chi connectivity index (χ0) is 9.40. The van der Waals surface area contributed by atoms with E-state index in [1.807, 2.05) is 6.08 Å². The molecular weight excluding hydrogens is 172 g/mol. The molecule has 0 aliphatic carbocycles. The van der Waals surface area contributed by atoms with Gasteiger partial charge in [0.15, 0.2) is 0 Å². The minimum Gasteiger partial charge on any atom is -0.312 e. The maximum atomic E-state index is 5.36. The van der Waals surface area contributed by atoms with Gasteiger partial charge >= 0.3 is 0 Å². The molecule has 72 valence electrons. The van der Waals surface area contributed by atoms with Gasteiger partial charge in [0.2, 0.25) is 0 Å². The van der Waals surface area contributed by atoms with Crippen LogP contribution in [0.15, 0.2) is 11.6 Å². The predicted octanol–water partition coefficient (Wildman–Crippen LogP) is 1.67. The molecule has 0 saturated heterocycles. The largest absolute Gasteiger partial charge is 0.312 e. The van der Waals surface area contributed by atoms with Crippen molar-refractivity contribution in [3.8, 4) is 0 Å². The third-order valence-corrected chi connectivity index (χ3v) is 2.05. The first-order valence-corrected chi connectivity index (χ1v) is 4.78. The number of halogens is 1. The van der Waals surface area contributed by atoms with Crippen LogP contribution in [0.5, 0.6) is 0 Å². The SMILES string of the molecule is CC(C)N(C)CCNC/C=C/Cl. The van der Waals surface area contributed by atoms with Gasteiger partial charge in [-0.25, -0.2) is 0 Å². The van der Waals surface area contributed by atoms with Crippen LogP contribution < -0.4 is 5.32 Å². The molecule has 0 heterocycles. The molecule has 0 aliphatic heterocycles. The summed E-state index contributed by atoms with van der Waals surface area (Å²) in [6, 6.07) is 0.621. The fourth-order valence-corrected chi connectivity index (χ4v) is 0.833. The highest BCUT2D eigenvalue weighted by atomic mass is 35.5. The first kappa shape index (κ1) is 11.9. The Morgan fingerprint density at radius 2 is 2.17 bits per heavy atom. The van der Waals surface area contributed by atoms with Gasteiger partial charge in [-0.05, 0) is 20.9 Å². The second kappa shape index (κ2) is 7.59. The van der Waals surface area contributed by atoms with Gasteiger partial charge in [-0.2, -0.15) is 0 Å². The zero-order valence-corrected chi connectivity index (χ0v) is 8.93. The minimum absolute atomic E-state index is 0.621. The van der Waals surface area contributed by atoms with E-state index in [2.05, 4.69) is 31.1 Å². The van der Waals surface area contributed by atoms with Crippen molar-refractivity contribution in [1.29, 1.82) is 0 Å². The highest BCUT2D eigenvalue weighted by Gasteiger charge is 2.00. The van der Waals surface area contributed by atoms with Crippen LogP contribution in [0.25, 0.3) is 0 Å². The first-order chi connectivity index (χ1) is 5.68. The Balaban J connectivity index is 3.19. The zero-order valence-electron chi connectivity index (χ0n) is 8.18. The van der Waals surface area contributed by atoms with Gasteiger partial charge in [0, 0.05) is 31.2 Å². The lowest BCUT2D eigenvalue weighted by molar-refractivity contribution is 0.275. The molecule has 0 saturated carbocycles. The van der Waals surface area contributed by atoms with Gasteiger partial charge in [0.25, 0.3) is 0 Å². The van der Waals surface area contributed by atoms with E-state index in [1.54, 1.807) is 5.54 Å². The van der Waals surface area contributed by atoms with Gasteiger partial charge in [0.1, 0.15) is 0 Å². The Morgan fingerprint density at radius 3 is 2.67 bits per heavy atom. The lowest BCUT2D eigenvalue weighted by Crippen LogP contribution is -2.33. The second-order valence-corrected chi connectivity index (χ2v) is 3.39. The first-order valence-electron chi connectivity index (χ1n) is 4.34. The molecule has 0 aromatic heterocycles. The molecular formula is C9H19ClN2. The van der Waals surface area contributed by atoms with Crippen LogP contribution in [-0.4, -0.2) is 37.6 Å². The second-order valence-electron chi connectivity index (χ2n) is 3.14. The molecule has 0 rings (SSSR count). The molecule has 1 N–H and O–H groups in total. The van der Waals surface area contributed by atoms with Gasteiger partial charge < -0.3 is 10.2 Å². The van der Waals surface area contributed by atoms with E-state index in [0.717, 1.165) is 19.6 Å². The van der Waals surface area contributed by atoms with Crippen LogP contribution in [0.2, 0.25) is 0 Å². The summed E-state index contributed by atoms with van der Waals surface area (Å²) >= 11 is 5.36. The smallest absolute Gasteiger partial charge is 0.0147 e. The molecule has 0 aromatic rings. The maximum absolute atomic E-state index is 5.36. The van der Waals surface area contributed by atoms with Crippen molar-refractivity contribution in [2.75, 3.05) is 26.7 Å². The Morgan fingerprint density at radius 1 is 1.50 bits per heavy atom. The summed E-state index contributed by atoms with van der Waals surface area (Å²) < 4.78 is 0. The molecule has 0 bridgehead atoms. The molecule has 0 amide bonds. The lowest BCUT2D eigenvalue weighted by atomic mass is 10.3. The van der Waals surface area contributed by atoms with Crippen molar-refractivity contribution in [2.24, 2.45) is 0 Å². The third-order valence-electron chi connectivity index (χ3n) is 1.87. The van der Waals surface area contributed by atoms with Crippen LogP contribution in [0.4, 0.5) is 0 Å². The summed E-state index contributed by atoms with van der Waals surface area (Å²) in [6.07, 6.45) is 1.90. The number of likely N-dealkylation sites (N-methyl/N-ethyl adjacent to an activating group) is 1. The van der Waals surface area contributed by atoms with Crippen LogP contribution in [0.1, 0.15) is 13.8 Å². The molecule has 12 heavy (non-hydrogen) atoms.